The quantitative estimate of drug-likeness (QED) is 0.522. The summed E-state index contributed by atoms with van der Waals surface area (Å²) in [7, 11) is 0. The molecule has 6 heteroatoms. The van der Waals surface area contributed by atoms with Crippen molar-refractivity contribution in [3.05, 3.63) is 107 Å². The van der Waals surface area contributed by atoms with E-state index >= 15 is 0 Å². The molecule has 30 heavy (non-hydrogen) atoms. The molecule has 0 bridgehead atoms. The lowest BCUT2D eigenvalue weighted by atomic mass is 10.1. The van der Waals surface area contributed by atoms with Crippen molar-refractivity contribution in [1.29, 1.82) is 0 Å². The van der Waals surface area contributed by atoms with Crippen molar-refractivity contribution < 1.29 is 19.1 Å². The van der Waals surface area contributed by atoms with Gasteiger partial charge in [-0.2, -0.15) is 0 Å². The van der Waals surface area contributed by atoms with Gasteiger partial charge in [0.1, 0.15) is 19.3 Å². The Bertz CT molecular complexity index is 946. The number of amides is 1. The highest BCUT2D eigenvalue weighted by molar-refractivity contribution is 6.30. The van der Waals surface area contributed by atoms with Crippen LogP contribution in [0.3, 0.4) is 0 Å². The van der Waals surface area contributed by atoms with E-state index in [-0.39, 0.29) is 19.6 Å². The van der Waals surface area contributed by atoms with Crippen LogP contribution in [0.2, 0.25) is 5.02 Å². The molecule has 5 nitrogen and oxygen atoms in total. The van der Waals surface area contributed by atoms with Crippen LogP contribution >= 0.6 is 11.6 Å². The zero-order valence-electron chi connectivity index (χ0n) is 16.3. The van der Waals surface area contributed by atoms with E-state index < -0.39 is 18.1 Å². The normalized spacial score (nSPS) is 11.4. The molecule has 0 aliphatic rings. The molecular weight excluding hydrogens is 402 g/mol. The number of alkyl carbamates (subject to hydrolysis) is 1. The van der Waals surface area contributed by atoms with Crippen molar-refractivity contribution in [2.24, 2.45) is 0 Å². The second-order valence-corrected chi connectivity index (χ2v) is 7.12. The zero-order valence-corrected chi connectivity index (χ0v) is 17.0. The highest BCUT2D eigenvalue weighted by Crippen LogP contribution is 2.13. The van der Waals surface area contributed by atoms with Gasteiger partial charge in [-0.25, -0.2) is 9.59 Å². The molecule has 1 amide bonds. The van der Waals surface area contributed by atoms with E-state index in [1.165, 1.54) is 0 Å². The van der Waals surface area contributed by atoms with Crippen LogP contribution in [-0.4, -0.2) is 18.1 Å². The van der Waals surface area contributed by atoms with Crippen molar-refractivity contribution in [2.75, 3.05) is 0 Å². The van der Waals surface area contributed by atoms with Gasteiger partial charge in [0.05, 0.1) is 0 Å². The highest BCUT2D eigenvalue weighted by atomic mass is 35.5. The van der Waals surface area contributed by atoms with Crippen LogP contribution in [0.1, 0.15) is 16.7 Å². The standard InChI is InChI=1S/C24H22ClNO4/c25-21-13-11-18(12-14-21)15-22(23(27)29-16-19-7-3-1-4-8-19)26-24(28)30-17-20-9-5-2-6-10-20/h1-14,22H,15-17H2,(H,26,28)/t22-/m0/s1. The Morgan fingerprint density at radius 2 is 1.27 bits per heavy atom. The van der Waals surface area contributed by atoms with Crippen molar-refractivity contribution in [2.45, 2.75) is 25.7 Å². The molecule has 0 saturated carbocycles. The number of ether oxygens (including phenoxy) is 2. The largest absolute Gasteiger partial charge is 0.459 e. The van der Waals surface area contributed by atoms with Crippen LogP contribution in [0.4, 0.5) is 4.79 Å². The monoisotopic (exact) mass is 423 g/mol. The summed E-state index contributed by atoms with van der Waals surface area (Å²) in [6, 6.07) is 24.8. The first-order valence-corrected chi connectivity index (χ1v) is 9.90. The lowest BCUT2D eigenvalue weighted by Crippen LogP contribution is -2.43. The minimum absolute atomic E-state index is 0.111. The molecule has 3 rings (SSSR count). The van der Waals surface area contributed by atoms with E-state index in [1.807, 2.05) is 60.7 Å². The number of hydrogen-bond acceptors (Lipinski definition) is 4. The number of esters is 1. The summed E-state index contributed by atoms with van der Waals surface area (Å²) >= 11 is 5.93. The van der Waals surface area contributed by atoms with Gasteiger partial charge in [-0.15, -0.1) is 0 Å². The lowest BCUT2D eigenvalue weighted by molar-refractivity contribution is -0.147. The van der Waals surface area contributed by atoms with Gasteiger partial charge < -0.3 is 14.8 Å². The highest BCUT2D eigenvalue weighted by Gasteiger charge is 2.23. The Labute approximate surface area is 180 Å². The number of carbonyl (C=O) groups is 2. The van der Waals surface area contributed by atoms with Crippen molar-refractivity contribution in [1.82, 2.24) is 5.32 Å². The molecule has 0 aromatic heterocycles. The maximum atomic E-state index is 12.7. The molecule has 0 radical (unpaired) electrons. The smallest absolute Gasteiger partial charge is 0.408 e. The van der Waals surface area contributed by atoms with Gasteiger partial charge >= 0.3 is 12.1 Å². The van der Waals surface area contributed by atoms with Gasteiger partial charge in [-0.1, -0.05) is 84.4 Å². The maximum absolute atomic E-state index is 12.7. The summed E-state index contributed by atoms with van der Waals surface area (Å²) in [5, 5.41) is 3.21. The molecule has 154 valence electrons. The van der Waals surface area contributed by atoms with Gasteiger partial charge in [0.15, 0.2) is 0 Å². The minimum atomic E-state index is -0.891. The van der Waals surface area contributed by atoms with E-state index in [1.54, 1.807) is 24.3 Å². The van der Waals surface area contributed by atoms with Gasteiger partial charge in [0.25, 0.3) is 0 Å². The van der Waals surface area contributed by atoms with Gasteiger partial charge in [0.2, 0.25) is 0 Å². The first-order chi connectivity index (χ1) is 14.6. The lowest BCUT2D eigenvalue weighted by Gasteiger charge is -2.18. The number of carbonyl (C=O) groups excluding carboxylic acids is 2. The van der Waals surface area contributed by atoms with E-state index in [0.717, 1.165) is 16.7 Å². The summed E-state index contributed by atoms with van der Waals surface area (Å²) in [4.78, 5) is 25.0. The molecule has 3 aromatic carbocycles. The third-order valence-corrected chi connectivity index (χ3v) is 4.62. The second-order valence-electron chi connectivity index (χ2n) is 6.68. The third kappa shape index (κ3) is 6.94. The average Bonchev–Trinajstić information content (AvgIpc) is 2.78. The summed E-state index contributed by atoms with van der Waals surface area (Å²) in [6.45, 7) is 0.233. The molecular formula is C24H22ClNO4. The molecule has 0 saturated heterocycles. The third-order valence-electron chi connectivity index (χ3n) is 4.37. The summed E-state index contributed by atoms with van der Waals surface area (Å²) in [6.07, 6.45) is -0.430. The summed E-state index contributed by atoms with van der Waals surface area (Å²) < 4.78 is 10.7. The molecule has 0 spiro atoms. The average molecular weight is 424 g/mol. The molecule has 0 aliphatic heterocycles. The molecule has 0 heterocycles. The van der Waals surface area contributed by atoms with E-state index in [4.69, 9.17) is 21.1 Å². The molecule has 0 unspecified atom stereocenters. The summed E-state index contributed by atoms with van der Waals surface area (Å²) in [5.41, 5.74) is 2.56. The van der Waals surface area contributed by atoms with Gasteiger partial charge in [-0.3, -0.25) is 0 Å². The first kappa shape index (κ1) is 21.4. The number of nitrogens with one attached hydrogen (secondary N) is 1. The first-order valence-electron chi connectivity index (χ1n) is 9.52. The van der Waals surface area contributed by atoms with Crippen molar-refractivity contribution in [3.63, 3.8) is 0 Å². The predicted octanol–water partition coefficient (Wildman–Crippen LogP) is 4.92. The number of hydrogen-bond donors (Lipinski definition) is 1. The summed E-state index contributed by atoms with van der Waals surface area (Å²) in [5.74, 6) is -0.537. The zero-order chi connectivity index (χ0) is 21.2. The van der Waals surface area contributed by atoms with Crippen LogP contribution in [-0.2, 0) is 33.9 Å². The fourth-order valence-electron chi connectivity index (χ4n) is 2.79. The minimum Gasteiger partial charge on any atom is -0.459 e. The van der Waals surface area contributed by atoms with Gasteiger partial charge in [0, 0.05) is 11.4 Å². The molecule has 0 aliphatic carbocycles. The van der Waals surface area contributed by atoms with E-state index in [2.05, 4.69) is 5.32 Å². The van der Waals surface area contributed by atoms with Crippen LogP contribution in [0.5, 0.6) is 0 Å². The fourth-order valence-corrected chi connectivity index (χ4v) is 2.91. The molecule has 1 atom stereocenters. The SMILES string of the molecule is O=C(N[C@@H](Cc1ccc(Cl)cc1)C(=O)OCc1ccccc1)OCc1ccccc1. The van der Waals surface area contributed by atoms with E-state index in [9.17, 15) is 9.59 Å². The Kier molecular flexibility index (Phi) is 7.86. The van der Waals surface area contributed by atoms with Crippen molar-refractivity contribution >= 4 is 23.7 Å². The molecule has 3 aromatic rings. The van der Waals surface area contributed by atoms with Crippen molar-refractivity contribution in [3.8, 4) is 0 Å². The maximum Gasteiger partial charge on any atom is 0.408 e. The topological polar surface area (TPSA) is 64.6 Å². The van der Waals surface area contributed by atoms with E-state index in [0.29, 0.717) is 5.02 Å². The number of halogens is 1. The van der Waals surface area contributed by atoms with Gasteiger partial charge in [-0.05, 0) is 28.8 Å². The predicted molar refractivity (Wildman–Crippen MR) is 115 cm³/mol. The van der Waals surface area contributed by atoms with Crippen LogP contribution < -0.4 is 5.32 Å². The van der Waals surface area contributed by atoms with Crippen LogP contribution in [0.15, 0.2) is 84.9 Å². The number of rotatable bonds is 8. The fraction of sp³-hybridized carbons (Fsp3) is 0.167. The Balaban J connectivity index is 1.62. The molecule has 1 N–H and O–H groups in total. The van der Waals surface area contributed by atoms with Crippen LogP contribution in [0, 0.1) is 0 Å². The number of benzene rings is 3. The second kappa shape index (κ2) is 11.0. The Morgan fingerprint density at radius 1 is 0.733 bits per heavy atom. The Hall–Kier alpha value is -3.31. The van der Waals surface area contributed by atoms with Crippen LogP contribution in [0.25, 0.3) is 0 Å². The Morgan fingerprint density at radius 3 is 1.83 bits per heavy atom. The molecule has 0 fully saturated rings.